The van der Waals surface area contributed by atoms with Crippen molar-refractivity contribution >= 4 is 46.2 Å². The maximum Gasteiger partial charge on any atom is 0.242 e. The molecule has 5 nitrogen and oxygen atoms in total. The number of aliphatic imine (C=N–C) groups is 1. The zero-order valence-corrected chi connectivity index (χ0v) is 19.0. The molecule has 0 atom stereocenters. The number of benzene rings is 2. The fourth-order valence-corrected chi connectivity index (χ4v) is 4.33. The molecule has 1 saturated carbocycles. The van der Waals surface area contributed by atoms with E-state index in [1.807, 2.05) is 48.5 Å². The average molecular weight is 457 g/mol. The van der Waals surface area contributed by atoms with Gasteiger partial charge in [0.15, 0.2) is 11.5 Å². The van der Waals surface area contributed by atoms with Crippen LogP contribution in [0.2, 0.25) is 5.02 Å². The topological polar surface area (TPSA) is 51.1 Å². The number of anilines is 1. The number of hydrogen-bond donors (Lipinski definition) is 0. The monoisotopic (exact) mass is 456 g/mol. The number of nitrogens with zero attached hydrogens (tertiary/aromatic N) is 2. The molecule has 0 aromatic heterocycles. The highest BCUT2D eigenvalue weighted by molar-refractivity contribution is 8.08. The third kappa shape index (κ3) is 5.83. The highest BCUT2D eigenvalue weighted by Crippen LogP contribution is 2.35. The Hall–Kier alpha value is -2.44. The van der Waals surface area contributed by atoms with Crippen molar-refractivity contribution in [3.63, 3.8) is 0 Å². The highest BCUT2D eigenvalue weighted by atomic mass is 35.5. The second-order valence-corrected chi connectivity index (χ2v) is 8.98. The lowest BCUT2D eigenvalue weighted by Gasteiger charge is -2.19. The molecule has 0 saturated heterocycles. The van der Waals surface area contributed by atoms with Crippen molar-refractivity contribution in [1.29, 1.82) is 0 Å². The third-order valence-electron chi connectivity index (χ3n) is 5.23. The second-order valence-electron chi connectivity index (χ2n) is 7.52. The largest absolute Gasteiger partial charge is 0.493 e. The van der Waals surface area contributed by atoms with Gasteiger partial charge in [0.25, 0.3) is 0 Å². The molecule has 162 valence electrons. The standard InChI is InChI=1S/C24H25ClN2O3S/c1-29-22-14-20(8-9-21(22)30-13-11-17-2-3-17)27-16-26-12-10-23(31-15-24(27)28)18-4-6-19(25)7-5-18/h4-10,14,16-17H,2-3,11-13,15H2,1H3/b23-10-,26-16?. The minimum Gasteiger partial charge on any atom is -0.493 e. The van der Waals surface area contributed by atoms with Gasteiger partial charge in [0.05, 0.1) is 38.0 Å². The van der Waals surface area contributed by atoms with E-state index in [1.165, 1.54) is 24.6 Å². The smallest absolute Gasteiger partial charge is 0.242 e. The molecule has 7 heteroatoms. The Bertz CT molecular complexity index is 987. The van der Waals surface area contributed by atoms with Gasteiger partial charge in [-0.05, 0) is 48.2 Å². The number of amides is 1. The van der Waals surface area contributed by atoms with E-state index in [4.69, 9.17) is 21.1 Å². The molecule has 2 aromatic carbocycles. The summed E-state index contributed by atoms with van der Waals surface area (Å²) in [6, 6.07) is 13.2. The summed E-state index contributed by atoms with van der Waals surface area (Å²) >= 11 is 7.50. The van der Waals surface area contributed by atoms with Gasteiger partial charge in [0.1, 0.15) is 0 Å². The van der Waals surface area contributed by atoms with Crippen molar-refractivity contribution in [1.82, 2.24) is 0 Å². The van der Waals surface area contributed by atoms with Gasteiger partial charge in [-0.1, -0.05) is 36.6 Å². The quantitative estimate of drug-likeness (QED) is 0.538. The summed E-state index contributed by atoms with van der Waals surface area (Å²) in [6.45, 7) is 1.16. The van der Waals surface area contributed by atoms with Crippen LogP contribution in [-0.4, -0.2) is 38.3 Å². The van der Waals surface area contributed by atoms with E-state index in [9.17, 15) is 4.79 Å². The van der Waals surface area contributed by atoms with Crippen LogP contribution in [0.1, 0.15) is 24.8 Å². The molecule has 0 unspecified atom stereocenters. The summed E-state index contributed by atoms with van der Waals surface area (Å²) in [6.07, 6.45) is 7.30. The molecular formula is C24H25ClN2O3S. The minimum atomic E-state index is -0.0556. The zero-order chi connectivity index (χ0) is 21.6. The number of thioether (sulfide) groups is 1. The Morgan fingerprint density at radius 1 is 1.16 bits per heavy atom. The van der Waals surface area contributed by atoms with Gasteiger partial charge in [-0.25, -0.2) is 0 Å². The predicted octanol–water partition coefficient (Wildman–Crippen LogP) is 5.68. The first kappa shape index (κ1) is 21.8. The number of carbonyl (C=O) groups is 1. The van der Waals surface area contributed by atoms with Gasteiger partial charge in [-0.2, -0.15) is 0 Å². The lowest BCUT2D eigenvalue weighted by Crippen LogP contribution is -2.31. The molecule has 1 aliphatic carbocycles. The number of halogens is 1. The van der Waals surface area contributed by atoms with Gasteiger partial charge in [-0.3, -0.25) is 14.7 Å². The van der Waals surface area contributed by atoms with Crippen molar-refractivity contribution in [2.75, 3.05) is 30.9 Å². The number of hydrogen-bond acceptors (Lipinski definition) is 5. The molecule has 31 heavy (non-hydrogen) atoms. The molecule has 1 amide bonds. The Morgan fingerprint density at radius 2 is 1.97 bits per heavy atom. The highest BCUT2D eigenvalue weighted by Gasteiger charge is 2.22. The fourth-order valence-electron chi connectivity index (χ4n) is 3.29. The fraction of sp³-hybridized carbons (Fsp3) is 0.333. The lowest BCUT2D eigenvalue weighted by molar-refractivity contribution is -0.115. The van der Waals surface area contributed by atoms with Crippen molar-refractivity contribution < 1.29 is 14.3 Å². The Morgan fingerprint density at radius 3 is 2.71 bits per heavy atom. The van der Waals surface area contributed by atoms with Crippen molar-refractivity contribution in [2.24, 2.45) is 10.9 Å². The van der Waals surface area contributed by atoms with Crippen LogP contribution >= 0.6 is 23.4 Å². The van der Waals surface area contributed by atoms with Gasteiger partial charge < -0.3 is 9.47 Å². The molecule has 0 radical (unpaired) electrons. The molecule has 2 aromatic rings. The summed E-state index contributed by atoms with van der Waals surface area (Å²) in [5, 5.41) is 0.687. The van der Waals surface area contributed by atoms with Crippen LogP contribution < -0.4 is 14.4 Å². The normalized spacial score (nSPS) is 18.6. The van der Waals surface area contributed by atoms with Crippen LogP contribution in [0.3, 0.4) is 0 Å². The summed E-state index contributed by atoms with van der Waals surface area (Å²) < 4.78 is 11.4. The van der Waals surface area contributed by atoms with Crippen LogP contribution in [0.15, 0.2) is 53.5 Å². The summed E-state index contributed by atoms with van der Waals surface area (Å²) in [5.41, 5.74) is 1.73. The Balaban J connectivity index is 1.46. The molecule has 1 heterocycles. The summed E-state index contributed by atoms with van der Waals surface area (Å²) in [5.74, 6) is 2.36. The zero-order valence-electron chi connectivity index (χ0n) is 17.4. The minimum absolute atomic E-state index is 0.0556. The van der Waals surface area contributed by atoms with Crippen LogP contribution in [-0.2, 0) is 4.79 Å². The number of rotatable bonds is 7. The van der Waals surface area contributed by atoms with Crippen molar-refractivity contribution in [2.45, 2.75) is 19.3 Å². The first-order chi connectivity index (χ1) is 15.1. The lowest BCUT2D eigenvalue weighted by atomic mass is 10.2. The molecule has 0 N–H and O–H groups in total. The molecule has 1 aliphatic heterocycles. The van der Waals surface area contributed by atoms with Crippen LogP contribution in [0.5, 0.6) is 11.5 Å². The third-order valence-corrected chi connectivity index (χ3v) is 6.59. The molecule has 4 rings (SSSR count). The van der Waals surface area contributed by atoms with E-state index in [-0.39, 0.29) is 5.91 Å². The van der Waals surface area contributed by atoms with E-state index < -0.39 is 0 Å². The molecular weight excluding hydrogens is 432 g/mol. The molecule has 1 fully saturated rings. The SMILES string of the molecule is COc1cc(N2C=NC/C=C(/c3ccc(Cl)cc3)SCC2=O)ccc1OCCC1CC1. The van der Waals surface area contributed by atoms with Crippen LogP contribution in [0.4, 0.5) is 5.69 Å². The summed E-state index contributed by atoms with van der Waals surface area (Å²) in [7, 11) is 1.61. The number of methoxy groups -OCH3 is 1. The molecule has 0 spiro atoms. The van der Waals surface area contributed by atoms with Crippen molar-refractivity contribution in [3.8, 4) is 11.5 Å². The van der Waals surface area contributed by atoms with Crippen LogP contribution in [0, 0.1) is 5.92 Å². The Labute approximate surface area is 192 Å². The van der Waals surface area contributed by atoms with E-state index in [0.29, 0.717) is 41.1 Å². The average Bonchev–Trinajstić information content (AvgIpc) is 3.60. The van der Waals surface area contributed by atoms with Gasteiger partial charge in [0, 0.05) is 16.0 Å². The van der Waals surface area contributed by atoms with E-state index >= 15 is 0 Å². The maximum atomic E-state index is 13.0. The Kier molecular flexibility index (Phi) is 7.20. The number of carbonyl (C=O) groups excluding carboxylic acids is 1. The number of ether oxygens (including phenoxy) is 2. The van der Waals surface area contributed by atoms with Gasteiger partial charge in [0.2, 0.25) is 5.91 Å². The second kappa shape index (κ2) is 10.2. The summed E-state index contributed by atoms with van der Waals surface area (Å²) in [4.78, 5) is 20.0. The van der Waals surface area contributed by atoms with E-state index in [2.05, 4.69) is 4.99 Å². The van der Waals surface area contributed by atoms with Crippen LogP contribution in [0.25, 0.3) is 4.91 Å². The van der Waals surface area contributed by atoms with Gasteiger partial charge >= 0.3 is 0 Å². The van der Waals surface area contributed by atoms with Crippen molar-refractivity contribution in [3.05, 3.63) is 59.1 Å². The van der Waals surface area contributed by atoms with E-state index in [1.54, 1.807) is 18.3 Å². The van der Waals surface area contributed by atoms with Gasteiger partial charge in [-0.15, -0.1) is 11.8 Å². The predicted molar refractivity (Wildman–Crippen MR) is 129 cm³/mol. The first-order valence-electron chi connectivity index (χ1n) is 10.4. The molecule has 0 bridgehead atoms. The maximum absolute atomic E-state index is 13.0. The first-order valence-corrected chi connectivity index (χ1v) is 11.7. The molecule has 2 aliphatic rings. The van der Waals surface area contributed by atoms with E-state index in [0.717, 1.165) is 22.8 Å².